The maximum Gasteiger partial charge on any atom is 0.264 e. The third-order valence-corrected chi connectivity index (χ3v) is 4.18. The molecule has 0 aliphatic carbocycles. The molecule has 2 aromatic heterocycles. The third kappa shape index (κ3) is 3.56. The number of carbonyl (C=O) groups excluding carboxylic acids is 1. The van der Waals surface area contributed by atoms with Crippen LogP contribution in [0, 0.1) is 0 Å². The van der Waals surface area contributed by atoms with Gasteiger partial charge in [-0.2, -0.15) is 10.2 Å². The number of fused-ring (bicyclic) bond motifs is 1. The molecule has 4 rings (SSSR count). The summed E-state index contributed by atoms with van der Waals surface area (Å²) in [5.41, 5.74) is 2.05. The Morgan fingerprint density at radius 2 is 1.89 bits per heavy atom. The monoisotopic (exact) mass is 373 g/mol. The number of aromatic amines is 1. The van der Waals surface area contributed by atoms with Crippen LogP contribution in [0.2, 0.25) is 0 Å². The molecule has 0 atom stereocenters. The van der Waals surface area contributed by atoms with Gasteiger partial charge in [-0.15, -0.1) is 0 Å². The van der Waals surface area contributed by atoms with Crippen LogP contribution in [-0.4, -0.2) is 25.9 Å². The van der Waals surface area contributed by atoms with Gasteiger partial charge in [-0.1, -0.05) is 24.3 Å². The lowest BCUT2D eigenvalue weighted by Gasteiger charge is -2.10. The molecule has 0 saturated carbocycles. The van der Waals surface area contributed by atoms with E-state index in [2.05, 4.69) is 20.6 Å². The van der Waals surface area contributed by atoms with Gasteiger partial charge in [-0.3, -0.25) is 19.1 Å². The molecule has 2 heterocycles. The Hall–Kier alpha value is -4.07. The molecule has 0 unspecified atom stereocenters. The first kappa shape index (κ1) is 17.3. The second-order valence-electron chi connectivity index (χ2n) is 6.12. The van der Waals surface area contributed by atoms with E-state index >= 15 is 0 Å². The number of para-hydroxylation sites is 1. The molecule has 138 valence electrons. The molecule has 28 heavy (non-hydrogen) atoms. The first-order chi connectivity index (χ1) is 13.6. The highest BCUT2D eigenvalue weighted by Gasteiger charge is 2.09. The van der Waals surface area contributed by atoms with Crippen LogP contribution in [0.25, 0.3) is 22.2 Å². The van der Waals surface area contributed by atoms with E-state index in [0.29, 0.717) is 22.3 Å². The molecule has 0 spiro atoms. The van der Waals surface area contributed by atoms with Crippen LogP contribution in [-0.2, 0) is 11.3 Å². The molecule has 0 radical (unpaired) electrons. The van der Waals surface area contributed by atoms with Gasteiger partial charge in [0.2, 0.25) is 11.3 Å². The van der Waals surface area contributed by atoms with E-state index in [9.17, 15) is 14.4 Å². The molecule has 0 bridgehead atoms. The summed E-state index contributed by atoms with van der Waals surface area (Å²) in [7, 11) is 0. The summed E-state index contributed by atoms with van der Waals surface area (Å²) >= 11 is 0. The molecule has 2 N–H and O–H groups in total. The Balaban J connectivity index is 1.56. The second kappa shape index (κ2) is 7.28. The molecule has 4 aromatic rings. The molecule has 0 aliphatic heterocycles. The maximum absolute atomic E-state index is 12.5. The van der Waals surface area contributed by atoms with Gasteiger partial charge in [0.05, 0.1) is 17.4 Å². The van der Waals surface area contributed by atoms with Crippen molar-refractivity contribution in [1.82, 2.24) is 20.0 Å². The SMILES string of the molecule is O=C(Cn1ncc(=O)c2ccccc21)Nc1cccc(-c2ccc(=O)[nH]n2)c1. The number of hydrogen-bond donors (Lipinski definition) is 2. The summed E-state index contributed by atoms with van der Waals surface area (Å²) < 4.78 is 1.49. The molecule has 1 amide bonds. The van der Waals surface area contributed by atoms with Crippen molar-refractivity contribution < 1.29 is 4.79 Å². The minimum Gasteiger partial charge on any atom is -0.324 e. The number of carbonyl (C=O) groups is 1. The van der Waals surface area contributed by atoms with Crippen molar-refractivity contribution >= 4 is 22.5 Å². The van der Waals surface area contributed by atoms with Crippen LogP contribution in [0.5, 0.6) is 0 Å². The highest BCUT2D eigenvalue weighted by molar-refractivity contribution is 5.92. The lowest BCUT2D eigenvalue weighted by Crippen LogP contribution is -2.22. The van der Waals surface area contributed by atoms with Gasteiger partial charge < -0.3 is 5.32 Å². The predicted molar refractivity (Wildman–Crippen MR) is 105 cm³/mol. The summed E-state index contributed by atoms with van der Waals surface area (Å²) in [5, 5.41) is 13.8. The van der Waals surface area contributed by atoms with Crippen molar-refractivity contribution in [3.8, 4) is 11.3 Å². The lowest BCUT2D eigenvalue weighted by atomic mass is 10.1. The first-order valence-electron chi connectivity index (χ1n) is 8.51. The number of aromatic nitrogens is 4. The number of H-pyrrole nitrogens is 1. The van der Waals surface area contributed by atoms with E-state index in [4.69, 9.17) is 0 Å². The topological polar surface area (TPSA) is 110 Å². The largest absolute Gasteiger partial charge is 0.324 e. The van der Waals surface area contributed by atoms with Gasteiger partial charge in [0.15, 0.2) is 0 Å². The molecule has 8 heteroatoms. The number of nitrogens with one attached hydrogen (secondary N) is 2. The van der Waals surface area contributed by atoms with E-state index in [1.54, 1.807) is 48.5 Å². The fourth-order valence-electron chi connectivity index (χ4n) is 2.89. The number of rotatable bonds is 4. The fraction of sp³-hybridized carbons (Fsp3) is 0.0500. The molecular formula is C20H15N5O3. The maximum atomic E-state index is 12.5. The van der Waals surface area contributed by atoms with Crippen molar-refractivity contribution in [2.45, 2.75) is 6.54 Å². The van der Waals surface area contributed by atoms with Crippen molar-refractivity contribution in [3.63, 3.8) is 0 Å². The summed E-state index contributed by atoms with van der Waals surface area (Å²) in [5.74, 6) is -0.284. The van der Waals surface area contributed by atoms with Gasteiger partial charge in [0.1, 0.15) is 6.54 Å². The van der Waals surface area contributed by atoms with Crippen molar-refractivity contribution in [3.05, 3.63) is 87.4 Å². The number of benzene rings is 2. The number of anilines is 1. The Labute approximate surface area is 158 Å². The van der Waals surface area contributed by atoms with Crippen LogP contribution in [0.4, 0.5) is 5.69 Å². The van der Waals surface area contributed by atoms with Crippen molar-refractivity contribution in [1.29, 1.82) is 0 Å². The van der Waals surface area contributed by atoms with Gasteiger partial charge in [-0.25, -0.2) is 5.10 Å². The van der Waals surface area contributed by atoms with E-state index < -0.39 is 0 Å². The molecule has 0 fully saturated rings. The number of amides is 1. The van der Waals surface area contributed by atoms with Crippen LogP contribution in [0.3, 0.4) is 0 Å². The van der Waals surface area contributed by atoms with Crippen LogP contribution < -0.4 is 16.3 Å². The van der Waals surface area contributed by atoms with E-state index in [0.717, 1.165) is 5.56 Å². The Bertz CT molecular complexity index is 1270. The Morgan fingerprint density at radius 3 is 2.71 bits per heavy atom. The summed E-state index contributed by atoms with van der Waals surface area (Å²) in [4.78, 5) is 35.5. The summed E-state index contributed by atoms with van der Waals surface area (Å²) in [6.45, 7) is -0.0398. The normalized spacial score (nSPS) is 10.7. The standard InChI is InChI=1S/C20H15N5O3/c26-18-11-21-25(17-7-2-1-6-15(17)18)12-20(28)22-14-5-3-4-13(10-14)16-8-9-19(27)24-23-16/h1-11H,12H2,(H,22,28)(H,24,27). The van der Waals surface area contributed by atoms with Crippen LogP contribution in [0.15, 0.2) is 76.4 Å². The third-order valence-electron chi connectivity index (χ3n) is 4.18. The molecule has 8 nitrogen and oxygen atoms in total. The molecular weight excluding hydrogens is 358 g/mol. The van der Waals surface area contributed by atoms with E-state index in [1.165, 1.54) is 16.9 Å². The first-order valence-corrected chi connectivity index (χ1v) is 8.51. The quantitative estimate of drug-likeness (QED) is 0.567. The average molecular weight is 373 g/mol. The Kier molecular flexibility index (Phi) is 4.51. The van der Waals surface area contributed by atoms with Crippen LogP contribution >= 0.6 is 0 Å². The molecule has 2 aromatic carbocycles. The Morgan fingerprint density at radius 1 is 1.04 bits per heavy atom. The minimum atomic E-state index is -0.284. The second-order valence-corrected chi connectivity index (χ2v) is 6.12. The summed E-state index contributed by atoms with van der Waals surface area (Å²) in [6, 6.07) is 17.1. The van der Waals surface area contributed by atoms with Crippen LogP contribution in [0.1, 0.15) is 0 Å². The van der Waals surface area contributed by atoms with Crippen molar-refractivity contribution in [2.24, 2.45) is 0 Å². The van der Waals surface area contributed by atoms with Gasteiger partial charge in [0.25, 0.3) is 5.56 Å². The minimum absolute atomic E-state index is 0.0398. The van der Waals surface area contributed by atoms with E-state index in [1.807, 2.05) is 6.07 Å². The number of hydrogen-bond acceptors (Lipinski definition) is 5. The summed E-state index contributed by atoms with van der Waals surface area (Å²) in [6.07, 6.45) is 1.21. The zero-order chi connectivity index (χ0) is 19.5. The highest BCUT2D eigenvalue weighted by atomic mass is 16.2. The zero-order valence-corrected chi connectivity index (χ0v) is 14.6. The lowest BCUT2D eigenvalue weighted by molar-refractivity contribution is -0.116. The van der Waals surface area contributed by atoms with E-state index in [-0.39, 0.29) is 23.4 Å². The highest BCUT2D eigenvalue weighted by Crippen LogP contribution is 2.19. The smallest absolute Gasteiger partial charge is 0.264 e. The molecule has 0 saturated heterocycles. The fourth-order valence-corrected chi connectivity index (χ4v) is 2.89. The predicted octanol–water partition coefficient (Wildman–Crippen LogP) is 1.79. The van der Waals surface area contributed by atoms with Gasteiger partial charge in [0, 0.05) is 22.7 Å². The van der Waals surface area contributed by atoms with Gasteiger partial charge >= 0.3 is 0 Å². The van der Waals surface area contributed by atoms with Crippen molar-refractivity contribution in [2.75, 3.05) is 5.32 Å². The van der Waals surface area contributed by atoms with Gasteiger partial charge in [-0.05, 0) is 30.3 Å². The number of nitrogens with zero attached hydrogens (tertiary/aromatic N) is 3. The zero-order valence-electron chi connectivity index (χ0n) is 14.6. The average Bonchev–Trinajstić information content (AvgIpc) is 2.71. The molecule has 0 aliphatic rings.